The van der Waals surface area contributed by atoms with E-state index in [1.165, 1.54) is 16.8 Å². The van der Waals surface area contributed by atoms with Gasteiger partial charge in [-0.3, -0.25) is 9.48 Å². The Morgan fingerprint density at radius 2 is 1.89 bits per heavy atom. The number of amides is 1. The van der Waals surface area contributed by atoms with Gasteiger partial charge in [0, 0.05) is 18.7 Å². The van der Waals surface area contributed by atoms with Crippen molar-refractivity contribution >= 4 is 5.91 Å². The fraction of sp³-hybridized carbons (Fsp3) is 0.444. The number of hydrogen-bond donors (Lipinski definition) is 3. The van der Waals surface area contributed by atoms with E-state index in [1.807, 2.05) is 0 Å². The lowest BCUT2D eigenvalue weighted by molar-refractivity contribution is -0.137. The third kappa shape index (κ3) is 3.84. The van der Waals surface area contributed by atoms with Crippen LogP contribution in [-0.4, -0.2) is 44.2 Å². The van der Waals surface area contributed by atoms with Crippen LogP contribution in [0.25, 0.3) is 0 Å². The molecule has 3 rings (SSSR count). The molecule has 146 valence electrons. The van der Waals surface area contributed by atoms with Crippen molar-refractivity contribution in [3.8, 4) is 0 Å². The highest BCUT2D eigenvalue weighted by molar-refractivity contribution is 5.92. The average Bonchev–Trinajstić information content (AvgIpc) is 3.08. The van der Waals surface area contributed by atoms with Crippen LogP contribution < -0.4 is 5.32 Å². The number of nitrogens with zero attached hydrogens (tertiary/aromatic N) is 2. The SMILES string of the molecule is Cc1cc(C(=O)N[C@H]2[C@H](O)[C@H](O)C[C@@H]2c2ccc(C(F)(F)F)cc2)nn1C. The molecule has 0 aliphatic heterocycles. The third-order valence-corrected chi connectivity index (χ3v) is 5.00. The topological polar surface area (TPSA) is 87.4 Å². The molecule has 1 fully saturated rings. The Balaban J connectivity index is 1.82. The van der Waals surface area contributed by atoms with Gasteiger partial charge in [-0.05, 0) is 37.1 Å². The Morgan fingerprint density at radius 1 is 1.26 bits per heavy atom. The number of aryl methyl sites for hydroxylation is 2. The summed E-state index contributed by atoms with van der Waals surface area (Å²) < 4.78 is 39.8. The first kappa shape index (κ1) is 19.4. The molecule has 0 bridgehead atoms. The van der Waals surface area contributed by atoms with E-state index in [0.29, 0.717) is 5.56 Å². The van der Waals surface area contributed by atoms with Crippen LogP contribution in [0.3, 0.4) is 0 Å². The molecular formula is C18H20F3N3O3. The van der Waals surface area contributed by atoms with Gasteiger partial charge in [-0.1, -0.05) is 12.1 Å². The number of aliphatic hydroxyl groups excluding tert-OH is 2. The number of carbonyl (C=O) groups is 1. The van der Waals surface area contributed by atoms with Crippen molar-refractivity contribution in [1.29, 1.82) is 0 Å². The maximum atomic E-state index is 12.7. The van der Waals surface area contributed by atoms with E-state index < -0.39 is 41.8 Å². The van der Waals surface area contributed by atoms with Crippen LogP contribution in [-0.2, 0) is 13.2 Å². The smallest absolute Gasteiger partial charge is 0.390 e. The van der Waals surface area contributed by atoms with Crippen molar-refractivity contribution in [3.63, 3.8) is 0 Å². The number of alkyl halides is 3. The molecule has 1 aliphatic rings. The van der Waals surface area contributed by atoms with Crippen LogP contribution in [0.2, 0.25) is 0 Å². The molecule has 0 unspecified atom stereocenters. The first-order valence-corrected chi connectivity index (χ1v) is 8.42. The highest BCUT2D eigenvalue weighted by Crippen LogP contribution is 2.37. The quantitative estimate of drug-likeness (QED) is 0.754. The van der Waals surface area contributed by atoms with Gasteiger partial charge in [-0.2, -0.15) is 18.3 Å². The molecule has 1 aliphatic carbocycles. The number of benzene rings is 1. The van der Waals surface area contributed by atoms with E-state index in [1.54, 1.807) is 20.0 Å². The Kier molecular flexibility index (Phi) is 5.00. The third-order valence-electron chi connectivity index (χ3n) is 5.00. The monoisotopic (exact) mass is 383 g/mol. The van der Waals surface area contributed by atoms with Crippen LogP contribution in [0.4, 0.5) is 13.2 Å². The Labute approximate surface area is 153 Å². The molecule has 0 spiro atoms. The van der Waals surface area contributed by atoms with Gasteiger partial charge in [-0.15, -0.1) is 0 Å². The summed E-state index contributed by atoms with van der Waals surface area (Å²) >= 11 is 0. The number of carbonyl (C=O) groups excluding carboxylic acids is 1. The van der Waals surface area contributed by atoms with Crippen molar-refractivity contribution < 1.29 is 28.2 Å². The normalized spacial score (nSPS) is 25.6. The van der Waals surface area contributed by atoms with Crippen LogP contribution in [0, 0.1) is 6.92 Å². The van der Waals surface area contributed by atoms with Gasteiger partial charge in [0.1, 0.15) is 11.8 Å². The van der Waals surface area contributed by atoms with E-state index in [-0.39, 0.29) is 12.1 Å². The summed E-state index contributed by atoms with van der Waals surface area (Å²) in [4.78, 5) is 12.5. The Hall–Kier alpha value is -2.39. The Morgan fingerprint density at radius 3 is 2.41 bits per heavy atom. The van der Waals surface area contributed by atoms with E-state index in [0.717, 1.165) is 17.8 Å². The average molecular weight is 383 g/mol. The second-order valence-electron chi connectivity index (χ2n) is 6.81. The lowest BCUT2D eigenvalue weighted by atomic mass is 9.92. The van der Waals surface area contributed by atoms with Crippen LogP contribution >= 0.6 is 0 Å². The van der Waals surface area contributed by atoms with Crippen LogP contribution in [0.5, 0.6) is 0 Å². The van der Waals surface area contributed by atoms with Crippen LogP contribution in [0.1, 0.15) is 39.6 Å². The summed E-state index contributed by atoms with van der Waals surface area (Å²) in [6.07, 6.45) is -6.64. The maximum Gasteiger partial charge on any atom is 0.416 e. The van der Waals surface area contributed by atoms with Crippen molar-refractivity contribution in [2.75, 3.05) is 0 Å². The zero-order valence-corrected chi connectivity index (χ0v) is 14.7. The number of aliphatic hydroxyl groups is 2. The number of halogens is 3. The van der Waals surface area contributed by atoms with Gasteiger partial charge >= 0.3 is 6.18 Å². The number of hydrogen-bond acceptors (Lipinski definition) is 4. The minimum Gasteiger partial charge on any atom is -0.390 e. The van der Waals surface area contributed by atoms with Gasteiger partial charge in [0.2, 0.25) is 0 Å². The fourth-order valence-electron chi connectivity index (χ4n) is 3.37. The predicted octanol–water partition coefficient (Wildman–Crippen LogP) is 1.76. The lowest BCUT2D eigenvalue weighted by Crippen LogP contribution is -2.45. The van der Waals surface area contributed by atoms with Crippen molar-refractivity contribution in [2.24, 2.45) is 7.05 Å². The summed E-state index contributed by atoms with van der Waals surface area (Å²) in [5.74, 6) is -1.04. The van der Waals surface area contributed by atoms with Gasteiger partial charge in [0.15, 0.2) is 0 Å². The largest absolute Gasteiger partial charge is 0.416 e. The molecule has 6 nitrogen and oxygen atoms in total. The molecule has 4 atom stereocenters. The number of aromatic nitrogens is 2. The summed E-state index contributed by atoms with van der Waals surface area (Å²) in [5.41, 5.74) is 0.650. The van der Waals surface area contributed by atoms with E-state index >= 15 is 0 Å². The molecule has 0 radical (unpaired) electrons. The molecule has 1 heterocycles. The second kappa shape index (κ2) is 6.97. The van der Waals surface area contributed by atoms with E-state index in [4.69, 9.17) is 0 Å². The van der Waals surface area contributed by atoms with Crippen LogP contribution in [0.15, 0.2) is 30.3 Å². The highest BCUT2D eigenvalue weighted by Gasteiger charge is 2.43. The molecule has 1 aromatic carbocycles. The first-order valence-electron chi connectivity index (χ1n) is 8.42. The van der Waals surface area contributed by atoms with Gasteiger partial charge in [0.25, 0.3) is 5.91 Å². The minimum atomic E-state index is -4.45. The lowest BCUT2D eigenvalue weighted by Gasteiger charge is -2.23. The number of nitrogens with one attached hydrogen (secondary N) is 1. The molecule has 1 amide bonds. The molecule has 2 aromatic rings. The zero-order valence-electron chi connectivity index (χ0n) is 14.7. The number of rotatable bonds is 3. The fourth-order valence-corrected chi connectivity index (χ4v) is 3.37. The summed E-state index contributed by atoms with van der Waals surface area (Å²) in [6.45, 7) is 1.78. The molecular weight excluding hydrogens is 363 g/mol. The van der Waals surface area contributed by atoms with Gasteiger partial charge in [-0.25, -0.2) is 0 Å². The molecule has 9 heteroatoms. The van der Waals surface area contributed by atoms with Crippen molar-refractivity contribution in [3.05, 3.63) is 52.8 Å². The van der Waals surface area contributed by atoms with Crippen molar-refractivity contribution in [1.82, 2.24) is 15.1 Å². The van der Waals surface area contributed by atoms with E-state index in [2.05, 4.69) is 10.4 Å². The zero-order chi connectivity index (χ0) is 19.9. The first-order chi connectivity index (χ1) is 12.6. The highest BCUT2D eigenvalue weighted by atomic mass is 19.4. The second-order valence-corrected chi connectivity index (χ2v) is 6.81. The van der Waals surface area contributed by atoms with Crippen molar-refractivity contribution in [2.45, 2.75) is 43.7 Å². The molecule has 3 N–H and O–H groups in total. The summed E-state index contributed by atoms with van der Waals surface area (Å²) in [7, 11) is 1.69. The summed E-state index contributed by atoms with van der Waals surface area (Å²) in [6, 6.07) is 5.26. The minimum absolute atomic E-state index is 0.124. The van der Waals surface area contributed by atoms with Gasteiger partial charge < -0.3 is 15.5 Å². The summed E-state index contributed by atoms with van der Waals surface area (Å²) in [5, 5.41) is 27.0. The molecule has 27 heavy (non-hydrogen) atoms. The standard InChI is InChI=1S/C18H20F3N3O3/c1-9-7-13(23-24(9)2)17(27)22-15-12(8-14(25)16(15)26)10-3-5-11(6-4-10)18(19,20)21/h3-7,12,14-16,25-26H,8H2,1-2H3,(H,22,27)/t12-,14-,15-,16-/m1/s1. The predicted molar refractivity (Wildman–Crippen MR) is 90.0 cm³/mol. The maximum absolute atomic E-state index is 12.7. The molecule has 1 aromatic heterocycles. The van der Waals surface area contributed by atoms with E-state index in [9.17, 15) is 28.2 Å². The van der Waals surface area contributed by atoms with Gasteiger partial charge in [0.05, 0.1) is 17.7 Å². The molecule has 1 saturated carbocycles. The Bertz CT molecular complexity index is 813. The molecule has 0 saturated heterocycles.